The molecule has 0 N–H and O–H groups in total. The molecule has 15 aromatic carbocycles. The van der Waals surface area contributed by atoms with E-state index >= 15 is 0 Å². The van der Waals surface area contributed by atoms with Gasteiger partial charge in [0.1, 0.15) is 0 Å². The lowest BCUT2D eigenvalue weighted by molar-refractivity contribution is 0.953. The van der Waals surface area contributed by atoms with Crippen LogP contribution in [0, 0.1) is 0 Å². The van der Waals surface area contributed by atoms with Crippen molar-refractivity contribution in [1.82, 2.24) is 48.2 Å². The van der Waals surface area contributed by atoms with Crippen LogP contribution in [0.15, 0.2) is 376 Å². The monoisotopic (exact) mass is 1350 g/mol. The van der Waals surface area contributed by atoms with Crippen molar-refractivity contribution in [2.45, 2.75) is 0 Å². The average molecular weight is 1360 g/mol. The summed E-state index contributed by atoms with van der Waals surface area (Å²) in [6.45, 7) is 0. The Morgan fingerprint density at radius 3 is 0.821 bits per heavy atom. The Morgan fingerprint density at radius 1 is 0.142 bits per heavy atom. The molecule has 0 radical (unpaired) electrons. The van der Waals surface area contributed by atoms with Gasteiger partial charge in [0.15, 0.2) is 29.1 Å². The molecule has 0 unspecified atom stereocenters. The van der Waals surface area contributed by atoms with Crippen LogP contribution in [-0.4, -0.2) is 48.2 Å². The summed E-state index contributed by atoms with van der Waals surface area (Å²) in [6.07, 6.45) is 0. The van der Waals surface area contributed by atoms with E-state index in [1.54, 1.807) is 0 Å². The summed E-state index contributed by atoms with van der Waals surface area (Å²) in [7, 11) is 0. The summed E-state index contributed by atoms with van der Waals surface area (Å²) in [4.78, 5) is 30.1. The number of benzene rings is 15. The molecule has 0 atom stereocenters. The number of hydrogen-bond donors (Lipinski definition) is 0. The molecule has 0 amide bonds. The first-order chi connectivity index (χ1) is 52.6. The molecule has 0 aliphatic rings. The highest BCUT2D eigenvalue weighted by molar-refractivity contribution is 6.14. The number of hydrogen-bond acceptors (Lipinski definition) is 6. The lowest BCUT2D eigenvalue weighted by Crippen LogP contribution is -2.06. The number of para-hydroxylation sites is 6. The molecule has 10 heteroatoms. The molecule has 0 saturated heterocycles. The summed E-state index contributed by atoms with van der Waals surface area (Å²) in [5.74, 6) is 3.78. The lowest BCUT2D eigenvalue weighted by Gasteiger charge is -2.12. The fourth-order valence-electron chi connectivity index (χ4n) is 15.4. The topological polar surface area (TPSA) is 97.1 Å². The van der Waals surface area contributed by atoms with Gasteiger partial charge in [0, 0.05) is 88.0 Å². The summed E-state index contributed by atoms with van der Waals surface area (Å²) in [5, 5.41) is 9.66. The van der Waals surface area contributed by atoms with Crippen molar-refractivity contribution in [2.24, 2.45) is 0 Å². The van der Waals surface area contributed by atoms with Crippen LogP contribution in [0.5, 0.6) is 0 Å². The molecule has 0 aliphatic carbocycles. The van der Waals surface area contributed by atoms with Crippen LogP contribution < -0.4 is 0 Å². The largest absolute Gasteiger partial charge is 0.309 e. The highest BCUT2D eigenvalue weighted by Crippen LogP contribution is 2.42. The molecule has 0 spiro atoms. The lowest BCUT2D eigenvalue weighted by atomic mass is 10.0. The maximum atomic E-state index is 5.08. The zero-order valence-electron chi connectivity index (χ0n) is 57.3. The second-order valence-corrected chi connectivity index (χ2v) is 26.6. The third kappa shape index (κ3) is 10.7. The van der Waals surface area contributed by atoms with Gasteiger partial charge in [-0.05, 0) is 119 Å². The fraction of sp³-hybridized carbons (Fsp3) is 0. The van der Waals surface area contributed by atoms with Gasteiger partial charge < -0.3 is 13.7 Å². The highest BCUT2D eigenvalue weighted by atomic mass is 15.2. The van der Waals surface area contributed by atoms with E-state index in [0.717, 1.165) is 94.4 Å². The second kappa shape index (κ2) is 25.8. The molecule has 6 aromatic heterocycles. The van der Waals surface area contributed by atoms with Crippen molar-refractivity contribution in [3.63, 3.8) is 0 Å². The van der Waals surface area contributed by atoms with Gasteiger partial charge in [0.25, 0.3) is 0 Å². The Kier molecular flexibility index (Phi) is 15.0. The fourth-order valence-corrected chi connectivity index (χ4v) is 15.4. The Hall–Kier alpha value is -14.5. The molecule has 21 rings (SSSR count). The van der Waals surface area contributed by atoms with Gasteiger partial charge in [-0.1, -0.05) is 279 Å². The van der Waals surface area contributed by atoms with E-state index in [4.69, 9.17) is 29.9 Å². The molecule has 106 heavy (non-hydrogen) atoms. The molecule has 0 fully saturated rings. The van der Waals surface area contributed by atoms with E-state index in [1.165, 1.54) is 59.9 Å². The molecular weight excluding hydrogens is 1290 g/mol. The van der Waals surface area contributed by atoms with Crippen LogP contribution >= 0.6 is 0 Å². The van der Waals surface area contributed by atoms with E-state index < -0.39 is 0 Å². The first-order valence-electron chi connectivity index (χ1n) is 35.7. The van der Waals surface area contributed by atoms with E-state index in [9.17, 15) is 0 Å². The molecule has 496 valence electrons. The Morgan fingerprint density at radius 2 is 0.406 bits per heavy atom. The number of aromatic nitrogens is 10. The quantitative estimate of drug-likeness (QED) is 0.128. The third-order valence-electron chi connectivity index (χ3n) is 20.3. The Bertz CT molecular complexity index is 6810. The van der Waals surface area contributed by atoms with Crippen LogP contribution in [0.3, 0.4) is 0 Å². The molecule has 10 nitrogen and oxygen atoms in total. The van der Waals surface area contributed by atoms with Crippen LogP contribution in [-0.2, 0) is 0 Å². The molecular formula is C96H62N10. The summed E-state index contributed by atoms with van der Waals surface area (Å²) >= 11 is 0. The van der Waals surface area contributed by atoms with E-state index in [-0.39, 0.29) is 0 Å². The number of nitrogens with zero attached hydrogens (tertiary/aromatic N) is 10. The zero-order valence-corrected chi connectivity index (χ0v) is 57.3. The summed E-state index contributed by atoms with van der Waals surface area (Å²) in [6, 6.07) is 132. The number of rotatable bonds is 11. The van der Waals surface area contributed by atoms with Gasteiger partial charge in [-0.25, -0.2) is 19.9 Å². The smallest absolute Gasteiger partial charge is 0.238 e. The minimum absolute atomic E-state index is 0.588. The first kappa shape index (κ1) is 61.4. The van der Waals surface area contributed by atoms with Crippen LogP contribution in [0.25, 0.3) is 189 Å². The summed E-state index contributed by atoms with van der Waals surface area (Å²) < 4.78 is 9.27. The van der Waals surface area contributed by atoms with Crippen molar-refractivity contribution in [3.8, 4) is 102 Å². The molecule has 0 saturated carbocycles. The van der Waals surface area contributed by atoms with Crippen molar-refractivity contribution in [3.05, 3.63) is 376 Å². The maximum absolute atomic E-state index is 5.08. The zero-order chi connectivity index (χ0) is 70.0. The standard InChI is InChI=1S/C51H33N5.C45H29N5/c1-4-15-34(16-5-1)49-52-50(35-17-6-2-7-18-35)54-51(53-49)38-19-14-22-40(31-38)56-45-25-12-10-23-41(45)43-29-27-37(33-48(43)56)36-28-30-47-44(32-36)42-24-11-13-26-46(42)55(47)39-20-8-3-9-21-39;1-4-14-30(15-5-1)43-46-44(31-16-6-2-7-17-31)48-45(47-43)50-40-23-13-11-21-36(40)38-28-32(25-27-41(38)50)33-24-26-37-35-20-10-12-22-39(35)49(42(37)29-33)34-18-8-3-9-19-34/h1-33H;1-29H. The predicted octanol–water partition coefficient (Wildman–Crippen LogP) is 23.8. The number of fused-ring (bicyclic) bond motifs is 12. The van der Waals surface area contributed by atoms with Gasteiger partial charge in [-0.3, -0.25) is 4.57 Å². The minimum atomic E-state index is 0.588. The van der Waals surface area contributed by atoms with Crippen LogP contribution in [0.4, 0.5) is 0 Å². The van der Waals surface area contributed by atoms with Gasteiger partial charge in [0.05, 0.1) is 44.1 Å². The first-order valence-corrected chi connectivity index (χ1v) is 35.7. The van der Waals surface area contributed by atoms with Crippen LogP contribution in [0.2, 0.25) is 0 Å². The Labute approximate surface area is 610 Å². The van der Waals surface area contributed by atoms with E-state index in [2.05, 4.69) is 273 Å². The third-order valence-corrected chi connectivity index (χ3v) is 20.3. The van der Waals surface area contributed by atoms with Crippen LogP contribution in [0.1, 0.15) is 0 Å². The average Bonchev–Trinajstić information content (AvgIpc) is 1.60. The summed E-state index contributed by atoms with van der Waals surface area (Å²) in [5.41, 5.74) is 21.8. The highest BCUT2D eigenvalue weighted by Gasteiger charge is 2.22. The van der Waals surface area contributed by atoms with Crippen molar-refractivity contribution in [2.75, 3.05) is 0 Å². The molecule has 0 bridgehead atoms. The molecule has 21 aromatic rings. The van der Waals surface area contributed by atoms with Gasteiger partial charge in [-0.15, -0.1) is 0 Å². The molecule has 0 aliphatic heterocycles. The van der Waals surface area contributed by atoms with E-state index in [1.807, 2.05) is 121 Å². The predicted molar refractivity (Wildman–Crippen MR) is 435 cm³/mol. The molecule has 6 heterocycles. The van der Waals surface area contributed by atoms with E-state index in [0.29, 0.717) is 35.1 Å². The second-order valence-electron chi connectivity index (χ2n) is 26.6. The van der Waals surface area contributed by atoms with Crippen molar-refractivity contribution >= 4 is 87.2 Å². The van der Waals surface area contributed by atoms with Crippen molar-refractivity contribution in [1.29, 1.82) is 0 Å². The Balaban J connectivity index is 0.000000141. The van der Waals surface area contributed by atoms with Gasteiger partial charge >= 0.3 is 0 Å². The SMILES string of the molecule is c1ccc(-c2nc(-c3ccccc3)nc(-c3cccc(-n4c5ccccc5c5ccc(-c6ccc7c(c6)c6ccccc6n7-c6ccccc6)cc54)c3)n2)cc1.c1ccc(-c2nc(-c3ccccc3)nc(-n3c4ccccc4c4cc(-c5ccc6c7ccccc7n(-c7ccccc7)c6c5)ccc43)n2)cc1. The minimum Gasteiger partial charge on any atom is -0.309 e. The van der Waals surface area contributed by atoms with Gasteiger partial charge in [0.2, 0.25) is 5.95 Å². The van der Waals surface area contributed by atoms with Gasteiger partial charge in [-0.2, -0.15) is 9.97 Å². The normalized spacial score (nSPS) is 11.6. The maximum Gasteiger partial charge on any atom is 0.238 e. The van der Waals surface area contributed by atoms with Crippen molar-refractivity contribution < 1.29 is 0 Å².